The summed E-state index contributed by atoms with van der Waals surface area (Å²) in [7, 11) is 0. The van der Waals surface area contributed by atoms with E-state index < -0.39 is 29.8 Å². The fourth-order valence-corrected chi connectivity index (χ4v) is 1.78. The van der Waals surface area contributed by atoms with E-state index >= 15 is 0 Å². The van der Waals surface area contributed by atoms with Crippen molar-refractivity contribution < 1.29 is 39.1 Å². The van der Waals surface area contributed by atoms with Crippen LogP contribution in [0.25, 0.3) is 0 Å². The Morgan fingerprint density at radius 3 is 2.32 bits per heavy atom. The van der Waals surface area contributed by atoms with Crippen molar-refractivity contribution >= 4 is 5.97 Å². The molecule has 0 amide bonds. The molecule has 19 heavy (non-hydrogen) atoms. The zero-order valence-corrected chi connectivity index (χ0v) is 10.7. The summed E-state index contributed by atoms with van der Waals surface area (Å²) in [5, 5.41) is 27.1. The van der Waals surface area contributed by atoms with Gasteiger partial charge in [-0.1, -0.05) is 0 Å². The highest BCUT2D eigenvalue weighted by Gasteiger charge is 2.79. The first-order valence-corrected chi connectivity index (χ1v) is 5.78. The zero-order valence-electron chi connectivity index (χ0n) is 10.7. The summed E-state index contributed by atoms with van der Waals surface area (Å²) in [4.78, 5) is 11.4. The summed E-state index contributed by atoms with van der Waals surface area (Å²) in [5.41, 5.74) is 0.228. The normalized spacial score (nSPS) is 35.2. The van der Waals surface area contributed by atoms with Crippen LogP contribution in [-0.4, -0.2) is 45.8 Å². The molecule has 1 unspecified atom stereocenters. The number of carbonyl (C=O) groups is 1. The molecule has 2 bridgehead atoms. The van der Waals surface area contributed by atoms with Gasteiger partial charge in [0, 0.05) is 11.6 Å². The van der Waals surface area contributed by atoms with E-state index in [0.29, 0.717) is 0 Å². The molecule has 0 saturated carbocycles. The van der Waals surface area contributed by atoms with Crippen LogP contribution in [0.15, 0.2) is 11.6 Å². The monoisotopic (exact) mass is 276 g/mol. The topological polar surface area (TPSA) is 115 Å². The minimum atomic E-state index is -2.99. The van der Waals surface area contributed by atoms with Crippen LogP contribution in [0.1, 0.15) is 20.8 Å². The Bertz CT molecular complexity index is 401. The van der Waals surface area contributed by atoms with Crippen molar-refractivity contribution in [1.29, 1.82) is 0 Å². The number of hydrogen-bond donors (Lipinski definition) is 3. The maximum absolute atomic E-state index is 11.4. The van der Waals surface area contributed by atoms with Crippen LogP contribution in [0.3, 0.4) is 0 Å². The quantitative estimate of drug-likeness (QED) is 0.338. The molecular formula is C11H16O8. The summed E-state index contributed by atoms with van der Waals surface area (Å²) in [6.07, 6.45) is 1.27. The van der Waals surface area contributed by atoms with Gasteiger partial charge < -0.3 is 20.1 Å². The van der Waals surface area contributed by atoms with Crippen molar-refractivity contribution in [2.45, 2.75) is 38.7 Å². The number of ether oxygens (including phenoxy) is 4. The first kappa shape index (κ1) is 14.4. The first-order chi connectivity index (χ1) is 8.64. The summed E-state index contributed by atoms with van der Waals surface area (Å²) >= 11 is 0. The van der Waals surface area contributed by atoms with Gasteiger partial charge in [0.1, 0.15) is 5.92 Å². The highest BCUT2D eigenvalue weighted by atomic mass is 17.2. The fraction of sp³-hybridized carbons (Fsp3) is 0.727. The molecule has 3 saturated heterocycles. The van der Waals surface area contributed by atoms with Crippen LogP contribution >= 0.6 is 0 Å². The molecule has 0 radical (unpaired) electrons. The van der Waals surface area contributed by atoms with Crippen LogP contribution < -0.4 is 0 Å². The number of hydrogen-bond acceptors (Lipinski definition) is 8. The second-order valence-corrected chi connectivity index (χ2v) is 4.47. The average Bonchev–Trinajstić information content (AvgIpc) is 2.18. The van der Waals surface area contributed by atoms with E-state index in [2.05, 4.69) is 0 Å². The van der Waals surface area contributed by atoms with E-state index in [4.69, 9.17) is 34.3 Å². The number of esters is 1. The van der Waals surface area contributed by atoms with Crippen molar-refractivity contribution in [3.05, 3.63) is 11.6 Å². The molecule has 8 heteroatoms. The van der Waals surface area contributed by atoms with E-state index in [1.54, 1.807) is 6.92 Å². The smallest absolute Gasteiger partial charge is 0.333 e. The van der Waals surface area contributed by atoms with Crippen LogP contribution in [0.2, 0.25) is 0 Å². The van der Waals surface area contributed by atoms with Gasteiger partial charge in [0.15, 0.2) is 0 Å². The summed E-state index contributed by atoms with van der Waals surface area (Å²) in [6.45, 7) is 4.68. The number of aliphatic hydroxyl groups is 3. The van der Waals surface area contributed by atoms with Crippen molar-refractivity contribution in [3.8, 4) is 0 Å². The van der Waals surface area contributed by atoms with Gasteiger partial charge in [0.2, 0.25) is 0 Å². The Morgan fingerprint density at radius 2 is 1.89 bits per heavy atom. The highest BCUT2D eigenvalue weighted by Crippen LogP contribution is 2.60. The van der Waals surface area contributed by atoms with Gasteiger partial charge in [0.05, 0.1) is 6.61 Å². The molecule has 3 aliphatic heterocycles. The molecule has 3 heterocycles. The Morgan fingerprint density at radius 1 is 1.37 bits per heavy atom. The molecule has 0 spiro atoms. The van der Waals surface area contributed by atoms with E-state index in [-0.39, 0.29) is 12.2 Å². The zero-order chi connectivity index (χ0) is 14.5. The van der Waals surface area contributed by atoms with Crippen LogP contribution in [0, 0.1) is 5.92 Å². The molecule has 3 rings (SSSR count). The molecule has 1 atom stereocenters. The average molecular weight is 276 g/mol. The summed E-state index contributed by atoms with van der Waals surface area (Å²) in [5.74, 6) is -8.00. The van der Waals surface area contributed by atoms with E-state index in [9.17, 15) is 4.79 Å². The number of carbonyl (C=O) groups excluding carboxylic acids is 1. The van der Waals surface area contributed by atoms with Gasteiger partial charge in [-0.25, -0.2) is 4.79 Å². The number of rotatable bonds is 5. The van der Waals surface area contributed by atoms with Crippen molar-refractivity contribution in [3.63, 3.8) is 0 Å². The molecule has 8 nitrogen and oxygen atoms in total. The molecule has 0 aliphatic carbocycles. The second-order valence-electron chi connectivity index (χ2n) is 4.47. The van der Waals surface area contributed by atoms with Gasteiger partial charge in [-0.05, 0) is 20.8 Å². The van der Waals surface area contributed by atoms with Crippen molar-refractivity contribution in [2.75, 3.05) is 6.61 Å². The molecule has 3 fully saturated rings. The third-order valence-electron chi connectivity index (χ3n) is 2.96. The van der Waals surface area contributed by atoms with Gasteiger partial charge >= 0.3 is 17.9 Å². The predicted molar refractivity (Wildman–Crippen MR) is 57.7 cm³/mol. The molecule has 0 aromatic carbocycles. The minimum absolute atomic E-state index is 0.228. The minimum Gasteiger partial charge on any atom is -0.463 e. The van der Waals surface area contributed by atoms with Gasteiger partial charge in [-0.3, -0.25) is 14.2 Å². The lowest BCUT2D eigenvalue weighted by molar-refractivity contribution is -0.794. The molecule has 0 aromatic heterocycles. The second kappa shape index (κ2) is 4.23. The molecule has 108 valence electrons. The van der Waals surface area contributed by atoms with Gasteiger partial charge in [0.25, 0.3) is 5.97 Å². The van der Waals surface area contributed by atoms with Crippen LogP contribution in [0.5, 0.6) is 0 Å². The summed E-state index contributed by atoms with van der Waals surface area (Å²) < 4.78 is 20.3. The van der Waals surface area contributed by atoms with Crippen molar-refractivity contribution in [2.24, 2.45) is 5.92 Å². The molecule has 0 aromatic rings. The lowest BCUT2D eigenvalue weighted by Gasteiger charge is -2.67. The van der Waals surface area contributed by atoms with E-state index in [0.717, 1.165) is 0 Å². The van der Waals surface area contributed by atoms with Gasteiger partial charge in [-0.2, -0.15) is 0 Å². The van der Waals surface area contributed by atoms with E-state index in [1.165, 1.54) is 19.9 Å². The van der Waals surface area contributed by atoms with Gasteiger partial charge in [-0.15, -0.1) is 0 Å². The molecular weight excluding hydrogens is 260 g/mol. The third kappa shape index (κ3) is 2.27. The Labute approximate surface area is 109 Å². The summed E-state index contributed by atoms with van der Waals surface area (Å²) in [6, 6.07) is 0. The maximum atomic E-state index is 11.4. The fourth-order valence-electron chi connectivity index (χ4n) is 1.78. The predicted octanol–water partition coefficient (Wildman–Crippen LogP) is -0.853. The maximum Gasteiger partial charge on any atom is 0.333 e. The van der Waals surface area contributed by atoms with Crippen molar-refractivity contribution in [1.82, 2.24) is 0 Å². The highest BCUT2D eigenvalue weighted by molar-refractivity contribution is 5.87. The molecule has 3 N–H and O–H groups in total. The Balaban J connectivity index is 1.97. The van der Waals surface area contributed by atoms with Crippen LogP contribution in [-0.2, 0) is 23.7 Å². The van der Waals surface area contributed by atoms with Crippen LogP contribution in [0.4, 0.5) is 0 Å². The first-order valence-electron chi connectivity index (χ1n) is 5.78. The largest absolute Gasteiger partial charge is 0.463 e. The third-order valence-corrected chi connectivity index (χ3v) is 2.96. The molecule has 3 aliphatic rings. The Kier molecular flexibility index (Phi) is 3.21. The SMILES string of the molecule is CCOC(=O)/C(C)=C/C12OC(C(C)C(O)(O)O)(O1)O2. The lowest BCUT2D eigenvalue weighted by Crippen LogP contribution is -2.83. The Hall–Kier alpha value is -1.03. The lowest BCUT2D eigenvalue weighted by atomic mass is 10.0. The standard InChI is InChI=1S/C11H16O8/c1-4-16-8(12)6(2)5-9-17-11(18-9,19-9)7(3)10(13,14)15/h5,7,13-15H,4H2,1-3H3/b6-5+. The van der Waals surface area contributed by atoms with E-state index in [1.807, 2.05) is 0 Å².